The van der Waals surface area contributed by atoms with Crippen LogP contribution < -0.4 is 0 Å². The largest absolute Gasteiger partial charge is 0.435 e. The van der Waals surface area contributed by atoms with Crippen LogP contribution in [0.25, 0.3) is 0 Å². The summed E-state index contributed by atoms with van der Waals surface area (Å²) in [4.78, 5) is 14.0. The third-order valence-corrected chi connectivity index (χ3v) is 4.49. The Morgan fingerprint density at radius 3 is 2.68 bits per heavy atom. The number of nitrogens with zero attached hydrogens (tertiary/aromatic N) is 5. The lowest BCUT2D eigenvalue weighted by atomic mass is 10.2. The molecule has 1 amide bonds. The first-order chi connectivity index (χ1) is 11.8. The van der Waals surface area contributed by atoms with Crippen LogP contribution in [0.1, 0.15) is 53.5 Å². The van der Waals surface area contributed by atoms with Gasteiger partial charge in [0, 0.05) is 38.6 Å². The van der Waals surface area contributed by atoms with Gasteiger partial charge in [-0.1, -0.05) is 12.8 Å². The number of aryl methyl sites for hydroxylation is 1. The van der Waals surface area contributed by atoms with E-state index in [1.165, 1.54) is 25.2 Å². The molecule has 6 nitrogen and oxygen atoms in total. The SMILES string of the molecule is CN(Cc1cn(C)nc1C(F)(F)F)C(=O)c1ccnn1C1CCCC1. The van der Waals surface area contributed by atoms with Gasteiger partial charge in [0.05, 0.1) is 6.04 Å². The van der Waals surface area contributed by atoms with Crippen molar-refractivity contribution in [3.8, 4) is 0 Å². The molecule has 0 aliphatic heterocycles. The van der Waals surface area contributed by atoms with E-state index in [1.807, 2.05) is 0 Å². The van der Waals surface area contributed by atoms with Crippen molar-refractivity contribution in [2.75, 3.05) is 7.05 Å². The lowest BCUT2D eigenvalue weighted by molar-refractivity contribution is -0.142. The van der Waals surface area contributed by atoms with Gasteiger partial charge in [-0.05, 0) is 18.9 Å². The number of halogens is 3. The lowest BCUT2D eigenvalue weighted by Gasteiger charge is -2.20. The summed E-state index contributed by atoms with van der Waals surface area (Å²) in [6.07, 6.45) is 2.42. The van der Waals surface area contributed by atoms with Gasteiger partial charge in [-0.15, -0.1) is 0 Å². The number of alkyl halides is 3. The van der Waals surface area contributed by atoms with Crippen LogP contribution in [-0.2, 0) is 19.8 Å². The molecule has 0 aromatic carbocycles. The highest BCUT2D eigenvalue weighted by atomic mass is 19.4. The first-order valence-electron chi connectivity index (χ1n) is 8.16. The van der Waals surface area contributed by atoms with Crippen LogP contribution in [0.15, 0.2) is 18.5 Å². The van der Waals surface area contributed by atoms with Crippen LogP contribution in [0, 0.1) is 0 Å². The van der Waals surface area contributed by atoms with E-state index in [-0.39, 0.29) is 24.1 Å². The molecule has 2 heterocycles. The van der Waals surface area contributed by atoms with Gasteiger partial charge < -0.3 is 4.90 Å². The Kier molecular flexibility index (Phi) is 4.57. The summed E-state index contributed by atoms with van der Waals surface area (Å²) >= 11 is 0. The second kappa shape index (κ2) is 6.53. The molecule has 0 spiro atoms. The van der Waals surface area contributed by atoms with Gasteiger partial charge in [-0.3, -0.25) is 14.2 Å². The summed E-state index contributed by atoms with van der Waals surface area (Å²) < 4.78 is 42.0. The lowest BCUT2D eigenvalue weighted by Crippen LogP contribution is -2.30. The molecule has 0 unspecified atom stereocenters. The third kappa shape index (κ3) is 3.54. The fourth-order valence-electron chi connectivity index (χ4n) is 3.34. The van der Waals surface area contributed by atoms with Gasteiger partial charge in [0.25, 0.3) is 5.91 Å². The van der Waals surface area contributed by atoms with Gasteiger partial charge in [0.1, 0.15) is 5.69 Å². The van der Waals surface area contributed by atoms with Crippen molar-refractivity contribution < 1.29 is 18.0 Å². The zero-order valence-corrected chi connectivity index (χ0v) is 14.1. The number of hydrogen-bond donors (Lipinski definition) is 0. The quantitative estimate of drug-likeness (QED) is 0.847. The van der Waals surface area contributed by atoms with Crippen molar-refractivity contribution in [2.24, 2.45) is 7.05 Å². The number of rotatable bonds is 4. The van der Waals surface area contributed by atoms with E-state index in [4.69, 9.17) is 0 Å². The van der Waals surface area contributed by atoms with E-state index in [9.17, 15) is 18.0 Å². The van der Waals surface area contributed by atoms with Crippen LogP contribution in [-0.4, -0.2) is 37.4 Å². The minimum Gasteiger partial charge on any atom is -0.336 e. The summed E-state index contributed by atoms with van der Waals surface area (Å²) in [6, 6.07) is 1.80. The second-order valence-corrected chi connectivity index (χ2v) is 6.43. The average Bonchev–Trinajstić information content (AvgIpc) is 3.25. The minimum atomic E-state index is -4.55. The van der Waals surface area contributed by atoms with Crippen molar-refractivity contribution in [3.63, 3.8) is 0 Å². The predicted molar refractivity (Wildman–Crippen MR) is 83.7 cm³/mol. The maximum absolute atomic E-state index is 13.1. The van der Waals surface area contributed by atoms with Crippen LogP contribution in [0.5, 0.6) is 0 Å². The maximum Gasteiger partial charge on any atom is 0.435 e. The fraction of sp³-hybridized carbons (Fsp3) is 0.562. The van der Waals surface area contributed by atoms with Gasteiger partial charge in [0.2, 0.25) is 0 Å². The smallest absolute Gasteiger partial charge is 0.336 e. The third-order valence-electron chi connectivity index (χ3n) is 4.49. The summed E-state index contributed by atoms with van der Waals surface area (Å²) in [5, 5.41) is 7.72. The van der Waals surface area contributed by atoms with Crippen molar-refractivity contribution in [3.05, 3.63) is 35.4 Å². The molecule has 0 atom stereocenters. The molecule has 0 bridgehead atoms. The molecular weight excluding hydrogens is 335 g/mol. The van der Waals surface area contributed by atoms with E-state index in [0.29, 0.717) is 5.69 Å². The normalized spacial score (nSPS) is 15.7. The molecule has 1 fully saturated rings. The highest BCUT2D eigenvalue weighted by Gasteiger charge is 2.37. The van der Waals surface area contributed by atoms with Gasteiger partial charge in [-0.25, -0.2) is 0 Å². The highest BCUT2D eigenvalue weighted by molar-refractivity contribution is 5.92. The van der Waals surface area contributed by atoms with Crippen LogP contribution >= 0.6 is 0 Å². The topological polar surface area (TPSA) is 56.0 Å². The maximum atomic E-state index is 13.1. The Morgan fingerprint density at radius 2 is 2.04 bits per heavy atom. The van der Waals surface area contributed by atoms with Gasteiger partial charge in [0.15, 0.2) is 5.69 Å². The molecule has 25 heavy (non-hydrogen) atoms. The molecule has 3 rings (SSSR count). The molecule has 9 heteroatoms. The zero-order chi connectivity index (χ0) is 18.2. The van der Waals surface area contributed by atoms with Gasteiger partial charge in [-0.2, -0.15) is 23.4 Å². The van der Waals surface area contributed by atoms with Crippen LogP contribution in [0.3, 0.4) is 0 Å². The van der Waals surface area contributed by atoms with E-state index in [1.54, 1.807) is 16.9 Å². The molecule has 1 aliphatic carbocycles. The Bertz CT molecular complexity index is 758. The van der Waals surface area contributed by atoms with E-state index >= 15 is 0 Å². The molecule has 1 aliphatic rings. The molecule has 136 valence electrons. The Morgan fingerprint density at radius 1 is 1.36 bits per heavy atom. The molecule has 2 aromatic rings. The fourth-order valence-corrected chi connectivity index (χ4v) is 3.34. The number of carbonyl (C=O) groups excluding carboxylic acids is 1. The first-order valence-corrected chi connectivity index (χ1v) is 8.16. The molecule has 2 aromatic heterocycles. The van der Waals surface area contributed by atoms with E-state index < -0.39 is 11.9 Å². The summed E-state index contributed by atoms with van der Waals surface area (Å²) in [5.41, 5.74) is -0.580. The standard InChI is InChI=1S/C16H20F3N5O/c1-22(9-11-10-23(2)21-14(11)16(17,18)19)15(25)13-7-8-20-24(13)12-5-3-4-6-12/h7-8,10,12H,3-6,9H2,1-2H3. The van der Waals surface area contributed by atoms with E-state index in [0.717, 1.165) is 30.4 Å². The second-order valence-electron chi connectivity index (χ2n) is 6.43. The monoisotopic (exact) mass is 355 g/mol. The number of carbonyl (C=O) groups is 1. The molecule has 0 radical (unpaired) electrons. The summed E-state index contributed by atoms with van der Waals surface area (Å²) in [5.74, 6) is -0.346. The molecule has 0 N–H and O–H groups in total. The summed E-state index contributed by atoms with van der Waals surface area (Å²) in [7, 11) is 2.91. The number of hydrogen-bond acceptors (Lipinski definition) is 3. The van der Waals surface area contributed by atoms with Crippen LogP contribution in [0.4, 0.5) is 13.2 Å². The molecule has 1 saturated carbocycles. The zero-order valence-electron chi connectivity index (χ0n) is 14.1. The Labute approximate surface area is 143 Å². The molecule has 0 saturated heterocycles. The average molecular weight is 355 g/mol. The number of aromatic nitrogens is 4. The van der Waals surface area contributed by atoms with E-state index in [2.05, 4.69) is 10.2 Å². The molecular formula is C16H20F3N5O. The van der Waals surface area contributed by atoms with Gasteiger partial charge >= 0.3 is 6.18 Å². The predicted octanol–water partition coefficient (Wildman–Crippen LogP) is 3.02. The van der Waals surface area contributed by atoms with Crippen molar-refractivity contribution >= 4 is 5.91 Å². The van der Waals surface area contributed by atoms with Crippen molar-refractivity contribution in [1.29, 1.82) is 0 Å². The highest BCUT2D eigenvalue weighted by Crippen LogP contribution is 2.32. The number of amides is 1. The van der Waals surface area contributed by atoms with Crippen LogP contribution in [0.2, 0.25) is 0 Å². The first kappa shape index (κ1) is 17.5. The minimum absolute atomic E-state index is 0.0298. The van der Waals surface area contributed by atoms with Crippen molar-refractivity contribution in [2.45, 2.75) is 44.4 Å². The van der Waals surface area contributed by atoms with Crippen molar-refractivity contribution in [1.82, 2.24) is 24.5 Å². The Balaban J connectivity index is 1.80. The Hall–Kier alpha value is -2.32. The summed E-state index contributed by atoms with van der Waals surface area (Å²) in [6.45, 7) is -0.169.